The van der Waals surface area contributed by atoms with Gasteiger partial charge in [-0.1, -0.05) is 18.2 Å². The van der Waals surface area contributed by atoms with Gasteiger partial charge in [0.1, 0.15) is 0 Å². The summed E-state index contributed by atoms with van der Waals surface area (Å²) in [5.41, 5.74) is 2.67. The molecule has 1 aliphatic heterocycles. The average Bonchev–Trinajstić information content (AvgIpc) is 2.96. The van der Waals surface area contributed by atoms with E-state index in [4.69, 9.17) is 4.74 Å². The summed E-state index contributed by atoms with van der Waals surface area (Å²) in [6.45, 7) is 0.878. The molecule has 4 heteroatoms. The van der Waals surface area contributed by atoms with Crippen LogP contribution in [-0.4, -0.2) is 22.0 Å². The second-order valence-corrected chi connectivity index (χ2v) is 7.38. The Morgan fingerprint density at radius 3 is 2.90 bits per heavy atom. The summed E-state index contributed by atoms with van der Waals surface area (Å²) in [4.78, 5) is 0. The lowest BCUT2D eigenvalue weighted by Gasteiger charge is -2.47. The van der Waals surface area contributed by atoms with Crippen LogP contribution in [0.15, 0.2) is 36.7 Å². The molecule has 1 aromatic heterocycles. The SMILES string of the molecule is Ic1ccccc1-c1cnn(C2CCOC3(CCC3)C2)c1. The number of hydrogen-bond acceptors (Lipinski definition) is 2. The number of halogens is 1. The van der Waals surface area contributed by atoms with Crippen LogP contribution >= 0.6 is 22.6 Å². The molecule has 2 aliphatic rings. The molecule has 2 fully saturated rings. The highest BCUT2D eigenvalue weighted by Gasteiger charge is 2.43. The molecule has 1 saturated carbocycles. The van der Waals surface area contributed by atoms with Crippen LogP contribution in [0.25, 0.3) is 11.1 Å². The molecule has 2 heterocycles. The Kier molecular flexibility index (Phi) is 3.53. The average molecular weight is 394 g/mol. The van der Waals surface area contributed by atoms with Crippen molar-refractivity contribution in [2.45, 2.75) is 43.7 Å². The molecule has 0 N–H and O–H groups in total. The first-order valence-corrected chi connectivity index (χ1v) is 8.77. The highest BCUT2D eigenvalue weighted by atomic mass is 127. The predicted octanol–water partition coefficient (Wildman–Crippen LogP) is 4.43. The van der Waals surface area contributed by atoms with Crippen molar-refractivity contribution in [1.29, 1.82) is 0 Å². The highest BCUT2D eigenvalue weighted by Crippen LogP contribution is 2.45. The van der Waals surface area contributed by atoms with Crippen molar-refractivity contribution >= 4 is 22.6 Å². The van der Waals surface area contributed by atoms with Gasteiger partial charge in [0.25, 0.3) is 0 Å². The van der Waals surface area contributed by atoms with Gasteiger partial charge in [-0.15, -0.1) is 0 Å². The summed E-state index contributed by atoms with van der Waals surface area (Å²) in [5, 5.41) is 4.64. The zero-order valence-corrected chi connectivity index (χ0v) is 14.1. The molecular formula is C17H19IN2O. The second-order valence-electron chi connectivity index (χ2n) is 6.22. The van der Waals surface area contributed by atoms with E-state index >= 15 is 0 Å². The fraction of sp³-hybridized carbons (Fsp3) is 0.471. The number of ether oxygens (including phenoxy) is 1. The Balaban J connectivity index is 1.58. The van der Waals surface area contributed by atoms with E-state index in [0.29, 0.717) is 6.04 Å². The topological polar surface area (TPSA) is 27.1 Å². The summed E-state index contributed by atoms with van der Waals surface area (Å²) in [5.74, 6) is 0. The van der Waals surface area contributed by atoms with Crippen molar-refractivity contribution in [3.8, 4) is 11.1 Å². The largest absolute Gasteiger partial charge is 0.375 e. The third-order valence-corrected chi connectivity index (χ3v) is 5.83. The van der Waals surface area contributed by atoms with E-state index < -0.39 is 0 Å². The maximum atomic E-state index is 6.02. The van der Waals surface area contributed by atoms with Crippen molar-refractivity contribution < 1.29 is 4.74 Å². The molecule has 3 nitrogen and oxygen atoms in total. The zero-order chi connectivity index (χ0) is 14.3. The Morgan fingerprint density at radius 1 is 1.29 bits per heavy atom. The molecule has 110 valence electrons. The van der Waals surface area contributed by atoms with E-state index in [1.54, 1.807) is 0 Å². The van der Waals surface area contributed by atoms with Crippen LogP contribution in [0.2, 0.25) is 0 Å². The van der Waals surface area contributed by atoms with Crippen LogP contribution in [0.1, 0.15) is 38.1 Å². The predicted molar refractivity (Wildman–Crippen MR) is 91.2 cm³/mol. The molecule has 1 saturated heterocycles. The Labute approximate surface area is 138 Å². The first kappa shape index (κ1) is 13.8. The molecule has 1 atom stereocenters. The van der Waals surface area contributed by atoms with Crippen LogP contribution in [0.5, 0.6) is 0 Å². The molecule has 0 bridgehead atoms. The summed E-state index contributed by atoms with van der Waals surface area (Å²) < 4.78 is 9.46. The molecule has 1 unspecified atom stereocenters. The van der Waals surface area contributed by atoms with E-state index in [-0.39, 0.29) is 5.60 Å². The fourth-order valence-electron chi connectivity index (χ4n) is 3.52. The lowest BCUT2D eigenvalue weighted by Crippen LogP contribution is -2.46. The van der Waals surface area contributed by atoms with Crippen LogP contribution < -0.4 is 0 Å². The van der Waals surface area contributed by atoms with E-state index in [1.807, 2.05) is 6.20 Å². The maximum Gasteiger partial charge on any atom is 0.0703 e. The summed E-state index contributed by atoms with van der Waals surface area (Å²) >= 11 is 2.39. The molecule has 0 radical (unpaired) electrons. The standard InChI is InChI=1S/C17H19IN2O/c18-16-5-2-1-4-15(16)13-11-19-20(12-13)14-6-9-21-17(10-14)7-3-8-17/h1-2,4-5,11-12,14H,3,6-10H2. The first-order chi connectivity index (χ1) is 10.3. The Hall–Kier alpha value is -0.880. The molecule has 1 aromatic carbocycles. The summed E-state index contributed by atoms with van der Waals surface area (Å²) in [6, 6.07) is 8.97. The zero-order valence-electron chi connectivity index (χ0n) is 12.0. The minimum absolute atomic E-state index is 0.177. The lowest BCUT2D eigenvalue weighted by molar-refractivity contribution is -0.141. The van der Waals surface area contributed by atoms with Gasteiger partial charge in [-0.25, -0.2) is 0 Å². The van der Waals surface area contributed by atoms with E-state index in [2.05, 4.69) is 62.8 Å². The minimum Gasteiger partial charge on any atom is -0.375 e. The highest BCUT2D eigenvalue weighted by molar-refractivity contribution is 14.1. The van der Waals surface area contributed by atoms with Crippen molar-refractivity contribution in [2.24, 2.45) is 0 Å². The number of hydrogen-bond donors (Lipinski definition) is 0. The Bertz CT molecular complexity index is 648. The van der Waals surface area contributed by atoms with E-state index in [9.17, 15) is 0 Å². The van der Waals surface area contributed by atoms with Crippen LogP contribution in [0.3, 0.4) is 0 Å². The first-order valence-electron chi connectivity index (χ1n) is 7.69. The fourth-order valence-corrected chi connectivity index (χ4v) is 4.22. The van der Waals surface area contributed by atoms with Gasteiger partial charge < -0.3 is 4.74 Å². The summed E-state index contributed by atoms with van der Waals surface area (Å²) in [7, 11) is 0. The van der Waals surface area contributed by atoms with Crippen molar-refractivity contribution in [3.63, 3.8) is 0 Å². The van der Waals surface area contributed by atoms with Gasteiger partial charge in [0.2, 0.25) is 0 Å². The number of rotatable bonds is 2. The van der Waals surface area contributed by atoms with Gasteiger partial charge in [0.05, 0.1) is 17.8 Å². The molecule has 4 rings (SSSR count). The molecule has 21 heavy (non-hydrogen) atoms. The van der Waals surface area contributed by atoms with Gasteiger partial charge in [-0.2, -0.15) is 5.10 Å². The van der Waals surface area contributed by atoms with Gasteiger partial charge in [-0.05, 0) is 66.3 Å². The third-order valence-electron chi connectivity index (χ3n) is 4.89. The maximum absolute atomic E-state index is 6.02. The smallest absolute Gasteiger partial charge is 0.0703 e. The van der Waals surface area contributed by atoms with Crippen LogP contribution in [0.4, 0.5) is 0 Å². The normalized spacial score (nSPS) is 24.0. The van der Waals surface area contributed by atoms with E-state index in [0.717, 1.165) is 19.4 Å². The quantitative estimate of drug-likeness (QED) is 0.705. The van der Waals surface area contributed by atoms with Gasteiger partial charge in [-0.3, -0.25) is 4.68 Å². The van der Waals surface area contributed by atoms with Gasteiger partial charge >= 0.3 is 0 Å². The molecule has 1 aliphatic carbocycles. The van der Waals surface area contributed by atoms with Crippen LogP contribution in [-0.2, 0) is 4.74 Å². The molecule has 1 spiro atoms. The molecule has 2 aromatic rings. The second kappa shape index (κ2) is 5.39. The van der Waals surface area contributed by atoms with Crippen molar-refractivity contribution in [1.82, 2.24) is 9.78 Å². The molecule has 0 amide bonds. The Morgan fingerprint density at radius 2 is 2.14 bits per heavy atom. The van der Waals surface area contributed by atoms with Crippen LogP contribution in [0, 0.1) is 3.57 Å². The van der Waals surface area contributed by atoms with Gasteiger partial charge in [0, 0.05) is 21.9 Å². The minimum atomic E-state index is 0.177. The third kappa shape index (κ3) is 2.52. The monoisotopic (exact) mass is 394 g/mol. The van der Waals surface area contributed by atoms with Gasteiger partial charge in [0.15, 0.2) is 0 Å². The van der Waals surface area contributed by atoms with E-state index in [1.165, 1.54) is 34.0 Å². The van der Waals surface area contributed by atoms with Crippen molar-refractivity contribution in [3.05, 3.63) is 40.2 Å². The summed E-state index contributed by atoms with van der Waals surface area (Å²) in [6.07, 6.45) is 10.2. The number of nitrogens with zero attached hydrogens (tertiary/aromatic N) is 2. The van der Waals surface area contributed by atoms with Crippen molar-refractivity contribution in [2.75, 3.05) is 6.61 Å². The number of benzene rings is 1. The number of aromatic nitrogens is 2. The molecular weight excluding hydrogens is 375 g/mol. The lowest BCUT2D eigenvalue weighted by atomic mass is 9.74.